The molecule has 0 aromatic carbocycles. The molecular weight excluding hydrogens is 204 g/mol. The highest BCUT2D eigenvalue weighted by Crippen LogP contribution is 2.20. The summed E-state index contributed by atoms with van der Waals surface area (Å²) in [4.78, 5) is 11.9. The summed E-state index contributed by atoms with van der Waals surface area (Å²) in [6, 6.07) is 0.0116. The maximum atomic E-state index is 11.9. The second-order valence-corrected chi connectivity index (χ2v) is 4.09. The van der Waals surface area contributed by atoms with Crippen LogP contribution in [0.1, 0.15) is 40.8 Å². The van der Waals surface area contributed by atoms with Gasteiger partial charge in [0.15, 0.2) is 0 Å². The van der Waals surface area contributed by atoms with Crippen LogP contribution in [0, 0.1) is 20.8 Å². The van der Waals surface area contributed by atoms with Crippen molar-refractivity contribution < 1.29 is 9.21 Å². The standard InChI is InChI=1S/C12H20N2O2/c1-5-10(13)6-14-12(15)11-7(2)8(3)16-9(11)4/h10H,5-6,13H2,1-4H3,(H,14,15). The van der Waals surface area contributed by atoms with E-state index in [-0.39, 0.29) is 11.9 Å². The molecule has 90 valence electrons. The van der Waals surface area contributed by atoms with Gasteiger partial charge in [-0.1, -0.05) is 6.92 Å². The van der Waals surface area contributed by atoms with Crippen LogP contribution in [0.3, 0.4) is 0 Å². The third-order valence-electron chi connectivity index (χ3n) is 2.84. The van der Waals surface area contributed by atoms with Gasteiger partial charge in [-0.25, -0.2) is 0 Å². The molecule has 0 saturated heterocycles. The van der Waals surface area contributed by atoms with Gasteiger partial charge in [0.25, 0.3) is 5.91 Å². The van der Waals surface area contributed by atoms with Crippen LogP contribution in [0.4, 0.5) is 0 Å². The monoisotopic (exact) mass is 224 g/mol. The molecule has 0 saturated carbocycles. The van der Waals surface area contributed by atoms with Crippen molar-refractivity contribution in [3.8, 4) is 0 Å². The molecule has 4 nitrogen and oxygen atoms in total. The van der Waals surface area contributed by atoms with E-state index in [1.807, 2.05) is 20.8 Å². The highest BCUT2D eigenvalue weighted by molar-refractivity contribution is 5.96. The molecule has 3 N–H and O–H groups in total. The van der Waals surface area contributed by atoms with E-state index in [1.165, 1.54) is 0 Å². The van der Waals surface area contributed by atoms with E-state index in [1.54, 1.807) is 6.92 Å². The molecule has 4 heteroatoms. The molecule has 1 aromatic rings. The van der Waals surface area contributed by atoms with Crippen LogP contribution in [0.5, 0.6) is 0 Å². The van der Waals surface area contributed by atoms with Gasteiger partial charge >= 0.3 is 0 Å². The lowest BCUT2D eigenvalue weighted by Crippen LogP contribution is -2.37. The zero-order valence-corrected chi connectivity index (χ0v) is 10.4. The summed E-state index contributed by atoms with van der Waals surface area (Å²) in [7, 11) is 0. The third kappa shape index (κ3) is 2.64. The van der Waals surface area contributed by atoms with Crippen LogP contribution in [0.25, 0.3) is 0 Å². The van der Waals surface area contributed by atoms with E-state index < -0.39 is 0 Å². The highest BCUT2D eigenvalue weighted by Gasteiger charge is 2.18. The van der Waals surface area contributed by atoms with Gasteiger partial charge in [0.05, 0.1) is 5.56 Å². The van der Waals surface area contributed by atoms with Crippen molar-refractivity contribution in [2.75, 3.05) is 6.54 Å². The molecule has 0 bridgehead atoms. The Bertz CT molecular complexity index is 383. The van der Waals surface area contributed by atoms with Crippen LogP contribution in [0.15, 0.2) is 4.42 Å². The van der Waals surface area contributed by atoms with Crippen LogP contribution in [-0.4, -0.2) is 18.5 Å². The number of carbonyl (C=O) groups excluding carboxylic acids is 1. The van der Waals surface area contributed by atoms with Gasteiger partial charge < -0.3 is 15.5 Å². The number of aryl methyl sites for hydroxylation is 2. The van der Waals surface area contributed by atoms with Gasteiger partial charge in [0, 0.05) is 18.2 Å². The molecule has 0 aliphatic rings. The first-order chi connectivity index (χ1) is 7.47. The van der Waals surface area contributed by atoms with E-state index >= 15 is 0 Å². The minimum atomic E-state index is -0.101. The largest absolute Gasteiger partial charge is 0.466 e. The van der Waals surface area contributed by atoms with Crippen molar-refractivity contribution in [2.45, 2.75) is 40.2 Å². The Morgan fingerprint density at radius 2 is 2.00 bits per heavy atom. The predicted molar refractivity (Wildman–Crippen MR) is 63.5 cm³/mol. The SMILES string of the molecule is CCC(N)CNC(=O)c1c(C)oc(C)c1C. The number of hydrogen-bond donors (Lipinski definition) is 2. The van der Waals surface area contributed by atoms with E-state index in [0.717, 1.165) is 17.7 Å². The van der Waals surface area contributed by atoms with Crippen molar-refractivity contribution in [3.63, 3.8) is 0 Å². The van der Waals surface area contributed by atoms with Crippen molar-refractivity contribution >= 4 is 5.91 Å². The van der Waals surface area contributed by atoms with Gasteiger partial charge in [-0.3, -0.25) is 4.79 Å². The Morgan fingerprint density at radius 3 is 2.44 bits per heavy atom. The summed E-state index contributed by atoms with van der Waals surface area (Å²) >= 11 is 0. The Labute approximate surface area is 96.2 Å². The lowest BCUT2D eigenvalue weighted by atomic mass is 10.1. The fraction of sp³-hybridized carbons (Fsp3) is 0.583. The summed E-state index contributed by atoms with van der Waals surface area (Å²) in [5.74, 6) is 1.36. The van der Waals surface area contributed by atoms with Gasteiger partial charge in [-0.05, 0) is 27.2 Å². The molecule has 1 rings (SSSR count). The van der Waals surface area contributed by atoms with Crippen LogP contribution >= 0.6 is 0 Å². The highest BCUT2D eigenvalue weighted by atomic mass is 16.3. The number of nitrogens with two attached hydrogens (primary N) is 1. The lowest BCUT2D eigenvalue weighted by Gasteiger charge is -2.10. The van der Waals surface area contributed by atoms with Crippen LogP contribution in [0.2, 0.25) is 0 Å². The summed E-state index contributed by atoms with van der Waals surface area (Å²) in [5, 5.41) is 2.82. The smallest absolute Gasteiger partial charge is 0.255 e. The Balaban J connectivity index is 2.73. The number of nitrogens with one attached hydrogen (secondary N) is 1. The predicted octanol–water partition coefficient (Wildman–Crippen LogP) is 1.67. The van der Waals surface area contributed by atoms with E-state index in [9.17, 15) is 4.79 Å². The molecule has 0 fully saturated rings. The maximum absolute atomic E-state index is 11.9. The number of hydrogen-bond acceptors (Lipinski definition) is 3. The minimum absolute atomic E-state index is 0.0116. The zero-order chi connectivity index (χ0) is 12.3. The first kappa shape index (κ1) is 12.8. The molecular formula is C12H20N2O2. The van der Waals surface area contributed by atoms with Gasteiger partial charge in [0.2, 0.25) is 0 Å². The zero-order valence-electron chi connectivity index (χ0n) is 10.4. The number of furan rings is 1. The number of carbonyl (C=O) groups is 1. The molecule has 0 aliphatic carbocycles. The average Bonchev–Trinajstić information content (AvgIpc) is 2.49. The first-order valence-electron chi connectivity index (χ1n) is 5.57. The average molecular weight is 224 g/mol. The Hall–Kier alpha value is -1.29. The van der Waals surface area contributed by atoms with Gasteiger partial charge in [-0.15, -0.1) is 0 Å². The molecule has 0 aliphatic heterocycles. The van der Waals surface area contributed by atoms with Gasteiger partial charge in [0.1, 0.15) is 11.5 Å². The van der Waals surface area contributed by atoms with Gasteiger partial charge in [-0.2, -0.15) is 0 Å². The normalized spacial score (nSPS) is 12.6. The summed E-state index contributed by atoms with van der Waals surface area (Å²) in [6.45, 7) is 8.04. The van der Waals surface area contributed by atoms with Crippen LogP contribution < -0.4 is 11.1 Å². The second-order valence-electron chi connectivity index (χ2n) is 4.09. The molecule has 1 unspecified atom stereocenters. The molecule has 1 atom stereocenters. The first-order valence-corrected chi connectivity index (χ1v) is 5.57. The summed E-state index contributed by atoms with van der Waals surface area (Å²) < 4.78 is 5.41. The van der Waals surface area contributed by atoms with Crippen LogP contribution in [-0.2, 0) is 0 Å². The number of rotatable bonds is 4. The summed E-state index contributed by atoms with van der Waals surface area (Å²) in [6.07, 6.45) is 0.850. The fourth-order valence-corrected chi connectivity index (χ4v) is 1.58. The van der Waals surface area contributed by atoms with Crippen molar-refractivity contribution in [1.82, 2.24) is 5.32 Å². The van der Waals surface area contributed by atoms with Crippen molar-refractivity contribution in [2.24, 2.45) is 5.73 Å². The molecule has 1 aromatic heterocycles. The van der Waals surface area contributed by atoms with Crippen molar-refractivity contribution in [3.05, 3.63) is 22.6 Å². The lowest BCUT2D eigenvalue weighted by molar-refractivity contribution is 0.0949. The van der Waals surface area contributed by atoms with E-state index in [2.05, 4.69) is 5.32 Å². The molecule has 0 radical (unpaired) electrons. The molecule has 16 heavy (non-hydrogen) atoms. The van der Waals surface area contributed by atoms with Crippen molar-refractivity contribution in [1.29, 1.82) is 0 Å². The van der Waals surface area contributed by atoms with E-state index in [4.69, 9.17) is 10.2 Å². The maximum Gasteiger partial charge on any atom is 0.255 e. The summed E-state index contributed by atoms with van der Waals surface area (Å²) in [5.41, 5.74) is 7.28. The third-order valence-corrected chi connectivity index (χ3v) is 2.84. The topological polar surface area (TPSA) is 68.3 Å². The molecule has 1 heterocycles. The van der Waals surface area contributed by atoms with E-state index in [0.29, 0.717) is 17.9 Å². The quantitative estimate of drug-likeness (QED) is 0.817. The molecule has 1 amide bonds. The second kappa shape index (κ2) is 5.16. The number of amides is 1. The molecule has 0 spiro atoms. The minimum Gasteiger partial charge on any atom is -0.466 e. The fourth-order valence-electron chi connectivity index (χ4n) is 1.58. The Morgan fingerprint density at radius 1 is 1.38 bits per heavy atom. The Kier molecular flexibility index (Phi) is 4.12.